The van der Waals surface area contributed by atoms with Crippen molar-refractivity contribution in [2.75, 3.05) is 0 Å². The van der Waals surface area contributed by atoms with Crippen LogP contribution in [0.4, 0.5) is 0 Å². The molecule has 0 unspecified atom stereocenters. The number of aryl methyl sites for hydroxylation is 2. The summed E-state index contributed by atoms with van der Waals surface area (Å²) in [6, 6.07) is 8.59. The molecule has 0 atom stereocenters. The van der Waals surface area contributed by atoms with Gasteiger partial charge >= 0.3 is 0 Å². The van der Waals surface area contributed by atoms with Crippen LogP contribution in [0.3, 0.4) is 0 Å². The lowest BCUT2D eigenvalue weighted by Gasteiger charge is -2.07. The van der Waals surface area contributed by atoms with Gasteiger partial charge < -0.3 is 0 Å². The Hall–Kier alpha value is -2.08. The van der Waals surface area contributed by atoms with Crippen LogP contribution in [0.2, 0.25) is 0 Å². The number of hydrogen-bond acceptors (Lipinski definition) is 1. The maximum atomic E-state index is 9.07. The molecule has 1 aromatic carbocycles. The lowest BCUT2D eigenvalue weighted by molar-refractivity contribution is -0.659. The zero-order chi connectivity index (χ0) is 13.3. The quantitative estimate of drug-likeness (QED) is 0.743. The number of hydrogen-bond donors (Lipinski definition) is 0. The van der Waals surface area contributed by atoms with E-state index in [1.54, 1.807) is 0 Å². The molecule has 0 saturated heterocycles. The molecule has 18 heavy (non-hydrogen) atoms. The van der Waals surface area contributed by atoms with Crippen molar-refractivity contribution in [1.29, 1.82) is 5.26 Å². The highest BCUT2D eigenvalue weighted by Crippen LogP contribution is 2.22. The molecule has 0 amide bonds. The number of imidazole rings is 1. The summed E-state index contributed by atoms with van der Waals surface area (Å²) in [5.41, 5.74) is 2.91. The molecule has 3 heteroatoms. The molecule has 0 radical (unpaired) electrons. The third kappa shape index (κ3) is 2.14. The molecule has 1 heterocycles. The van der Waals surface area contributed by atoms with Crippen molar-refractivity contribution < 1.29 is 4.57 Å². The predicted octanol–water partition coefficient (Wildman–Crippen LogP) is 2.74. The van der Waals surface area contributed by atoms with Crippen LogP contribution in [-0.2, 0) is 7.05 Å². The Morgan fingerprint density at radius 1 is 1.28 bits per heavy atom. The molecule has 0 bridgehead atoms. The van der Waals surface area contributed by atoms with E-state index < -0.39 is 0 Å². The summed E-state index contributed by atoms with van der Waals surface area (Å²) in [6.45, 7) is 6.34. The highest BCUT2D eigenvalue weighted by Gasteiger charge is 2.19. The second-order valence-electron chi connectivity index (χ2n) is 4.93. The highest BCUT2D eigenvalue weighted by atomic mass is 15.1. The van der Waals surface area contributed by atoms with Gasteiger partial charge in [-0.15, -0.1) is 0 Å². The van der Waals surface area contributed by atoms with E-state index in [-0.39, 0.29) is 0 Å². The van der Waals surface area contributed by atoms with Crippen LogP contribution in [0.5, 0.6) is 0 Å². The molecule has 2 rings (SSSR count). The van der Waals surface area contributed by atoms with Gasteiger partial charge in [0.05, 0.1) is 30.3 Å². The van der Waals surface area contributed by atoms with Gasteiger partial charge in [-0.2, -0.15) is 5.26 Å². The maximum Gasteiger partial charge on any atom is 0.288 e. The molecular weight excluding hydrogens is 222 g/mol. The fourth-order valence-electron chi connectivity index (χ4n) is 2.24. The molecule has 0 aliphatic heterocycles. The summed E-state index contributed by atoms with van der Waals surface area (Å²) < 4.78 is 4.31. The van der Waals surface area contributed by atoms with Gasteiger partial charge in [-0.1, -0.05) is 0 Å². The fraction of sp³-hybridized carbons (Fsp3) is 0.333. The number of nitriles is 1. The van der Waals surface area contributed by atoms with Crippen LogP contribution in [0.25, 0.3) is 11.4 Å². The first kappa shape index (κ1) is 12.4. The number of benzene rings is 1. The summed E-state index contributed by atoms with van der Waals surface area (Å²) in [5, 5.41) is 9.07. The number of aromatic nitrogens is 2. The fourth-order valence-corrected chi connectivity index (χ4v) is 2.24. The van der Waals surface area contributed by atoms with Crippen LogP contribution < -0.4 is 4.57 Å². The standard InChI is InChI=1S/C15H18N3/c1-11(2)18-6-5-17(4)15(18)14-8-12(3)7-13(9-14)10-16/h5-9,11H,1-4H3/q+1. The van der Waals surface area contributed by atoms with Crippen molar-refractivity contribution >= 4 is 0 Å². The average Bonchev–Trinajstić information content (AvgIpc) is 2.70. The lowest BCUT2D eigenvalue weighted by atomic mass is 10.1. The summed E-state index contributed by atoms with van der Waals surface area (Å²) in [7, 11) is 2.03. The minimum Gasteiger partial charge on any atom is -0.233 e. The van der Waals surface area contributed by atoms with Gasteiger partial charge in [-0.05, 0) is 44.5 Å². The number of rotatable bonds is 2. The largest absolute Gasteiger partial charge is 0.288 e. The molecule has 0 spiro atoms. The molecule has 0 N–H and O–H groups in total. The summed E-state index contributed by atoms with van der Waals surface area (Å²) in [5.74, 6) is 1.13. The normalized spacial score (nSPS) is 10.7. The predicted molar refractivity (Wildman–Crippen MR) is 70.9 cm³/mol. The van der Waals surface area contributed by atoms with E-state index in [1.165, 1.54) is 0 Å². The maximum absolute atomic E-state index is 9.07. The summed E-state index contributed by atoms with van der Waals surface area (Å²) in [6.07, 6.45) is 4.12. The van der Waals surface area contributed by atoms with Crippen molar-refractivity contribution in [3.63, 3.8) is 0 Å². The molecule has 0 saturated carbocycles. The van der Waals surface area contributed by atoms with E-state index in [9.17, 15) is 0 Å². The van der Waals surface area contributed by atoms with Crippen LogP contribution in [0, 0.1) is 18.3 Å². The zero-order valence-electron chi connectivity index (χ0n) is 11.3. The van der Waals surface area contributed by atoms with Gasteiger partial charge in [0.25, 0.3) is 5.82 Å². The van der Waals surface area contributed by atoms with Gasteiger partial charge in [0, 0.05) is 0 Å². The Kier molecular flexibility index (Phi) is 3.20. The molecule has 3 nitrogen and oxygen atoms in total. The van der Waals surface area contributed by atoms with E-state index in [1.807, 2.05) is 32.3 Å². The zero-order valence-corrected chi connectivity index (χ0v) is 11.3. The summed E-state index contributed by atoms with van der Waals surface area (Å²) in [4.78, 5) is 0. The number of nitrogens with zero attached hydrogens (tertiary/aromatic N) is 3. The summed E-state index contributed by atoms with van der Waals surface area (Å²) >= 11 is 0. The third-order valence-corrected chi connectivity index (χ3v) is 3.05. The van der Waals surface area contributed by atoms with Gasteiger partial charge in [-0.25, -0.2) is 9.13 Å². The smallest absolute Gasteiger partial charge is 0.233 e. The van der Waals surface area contributed by atoms with E-state index >= 15 is 0 Å². The lowest BCUT2D eigenvalue weighted by Crippen LogP contribution is -2.29. The first-order chi connectivity index (χ1) is 8.52. The van der Waals surface area contributed by atoms with Crippen LogP contribution >= 0.6 is 0 Å². The van der Waals surface area contributed by atoms with Crippen molar-refractivity contribution in [3.05, 3.63) is 41.7 Å². The van der Waals surface area contributed by atoms with E-state index in [0.717, 1.165) is 17.0 Å². The van der Waals surface area contributed by atoms with E-state index in [2.05, 4.69) is 41.3 Å². The van der Waals surface area contributed by atoms with Gasteiger partial charge in [0.15, 0.2) is 0 Å². The Labute approximate surface area is 108 Å². The highest BCUT2D eigenvalue weighted by molar-refractivity contribution is 5.58. The second kappa shape index (κ2) is 4.66. The minimum atomic E-state index is 0.396. The Balaban J connectivity index is 2.65. The average molecular weight is 240 g/mol. The minimum absolute atomic E-state index is 0.396. The monoisotopic (exact) mass is 240 g/mol. The Morgan fingerprint density at radius 2 is 2.00 bits per heavy atom. The molecule has 0 aliphatic rings. The molecular formula is C15H18N3+. The molecule has 1 aromatic heterocycles. The van der Waals surface area contributed by atoms with Crippen LogP contribution in [-0.4, -0.2) is 4.57 Å². The van der Waals surface area contributed by atoms with Crippen LogP contribution in [0.1, 0.15) is 31.0 Å². The van der Waals surface area contributed by atoms with Crippen LogP contribution in [0.15, 0.2) is 30.6 Å². The molecule has 0 fully saturated rings. The Morgan fingerprint density at radius 3 is 2.61 bits per heavy atom. The van der Waals surface area contributed by atoms with Gasteiger partial charge in [0.1, 0.15) is 12.4 Å². The molecule has 2 aromatic rings. The first-order valence-electron chi connectivity index (χ1n) is 6.11. The van der Waals surface area contributed by atoms with Crippen molar-refractivity contribution in [1.82, 2.24) is 4.57 Å². The SMILES string of the molecule is Cc1cc(C#N)cc(-c2n(C(C)C)cc[n+]2C)c1. The van der Waals surface area contributed by atoms with E-state index in [4.69, 9.17) is 5.26 Å². The van der Waals surface area contributed by atoms with Gasteiger partial charge in [-0.3, -0.25) is 0 Å². The van der Waals surface area contributed by atoms with Gasteiger partial charge in [0.2, 0.25) is 0 Å². The molecule has 0 aliphatic carbocycles. The van der Waals surface area contributed by atoms with Crippen molar-refractivity contribution in [2.24, 2.45) is 7.05 Å². The first-order valence-corrected chi connectivity index (χ1v) is 6.11. The Bertz CT molecular complexity index is 615. The second-order valence-corrected chi connectivity index (χ2v) is 4.93. The topological polar surface area (TPSA) is 32.6 Å². The third-order valence-electron chi connectivity index (χ3n) is 3.05. The van der Waals surface area contributed by atoms with Crippen molar-refractivity contribution in [2.45, 2.75) is 26.8 Å². The molecule has 92 valence electrons. The van der Waals surface area contributed by atoms with Crippen molar-refractivity contribution in [3.8, 4) is 17.5 Å². The van der Waals surface area contributed by atoms with E-state index in [0.29, 0.717) is 11.6 Å².